The maximum absolute atomic E-state index is 13.2. The van der Waals surface area contributed by atoms with Gasteiger partial charge in [-0.2, -0.15) is 4.98 Å². The lowest BCUT2D eigenvalue weighted by atomic mass is 9.81. The largest absolute Gasteiger partial charge is 0.476 e. The third-order valence-corrected chi connectivity index (χ3v) is 6.89. The van der Waals surface area contributed by atoms with Gasteiger partial charge in [-0.1, -0.05) is 13.8 Å². The number of aliphatic hydroxyl groups is 1. The number of nitrogens with zero attached hydrogens (tertiary/aromatic N) is 2. The third kappa shape index (κ3) is 5.78. The zero-order chi connectivity index (χ0) is 24.7. The molecule has 2 fully saturated rings. The lowest BCUT2D eigenvalue weighted by Gasteiger charge is -2.40. The van der Waals surface area contributed by atoms with Gasteiger partial charge in [0.15, 0.2) is 0 Å². The second-order valence-electron chi connectivity index (χ2n) is 8.95. The molecule has 2 atom stereocenters. The van der Waals surface area contributed by atoms with Crippen LogP contribution in [0, 0.1) is 17.3 Å². The Morgan fingerprint density at radius 2 is 2.00 bits per heavy atom. The lowest BCUT2D eigenvalue weighted by Crippen LogP contribution is -2.52. The number of methoxy groups -OCH3 is 1. The lowest BCUT2D eigenvalue weighted by molar-refractivity contribution is -0.160. The summed E-state index contributed by atoms with van der Waals surface area (Å²) in [4.78, 5) is 32.5. The van der Waals surface area contributed by atoms with Crippen molar-refractivity contribution in [3.63, 3.8) is 0 Å². The van der Waals surface area contributed by atoms with E-state index in [1.165, 1.54) is 0 Å². The zero-order valence-corrected chi connectivity index (χ0v) is 20.2. The van der Waals surface area contributed by atoms with Crippen molar-refractivity contribution in [3.8, 4) is 5.88 Å². The van der Waals surface area contributed by atoms with Gasteiger partial charge in [0.05, 0.1) is 26.0 Å². The number of nitrogens with one attached hydrogen (secondary N) is 1. The number of carbonyl (C=O) groups is 2. The van der Waals surface area contributed by atoms with E-state index in [2.05, 4.69) is 15.2 Å². The van der Waals surface area contributed by atoms with Crippen molar-refractivity contribution in [1.29, 1.82) is 0 Å². The molecule has 0 aromatic carbocycles. The molecule has 3 rings (SSSR count). The van der Waals surface area contributed by atoms with Gasteiger partial charge in [-0.3, -0.25) is 14.0 Å². The van der Waals surface area contributed by atoms with Crippen LogP contribution < -0.4 is 15.0 Å². The number of aromatic nitrogens is 1. The molecule has 9 nitrogen and oxygen atoms in total. The highest BCUT2D eigenvalue weighted by atomic mass is 19.1. The van der Waals surface area contributed by atoms with Gasteiger partial charge >= 0.3 is 5.97 Å². The van der Waals surface area contributed by atoms with Crippen LogP contribution in [0.2, 0.25) is 0 Å². The number of hydrogen-bond acceptors (Lipinski definition) is 8. The number of carbonyl (C=O) groups excluding carboxylic acids is 2. The summed E-state index contributed by atoms with van der Waals surface area (Å²) in [5.41, 5.74) is -0.584. The van der Waals surface area contributed by atoms with Crippen molar-refractivity contribution in [2.45, 2.75) is 45.6 Å². The SMILES string of the molecule is CCC(CC)(C(=O)Nc1ccc(N2CC(OC)C2)c(OC[C@H]2C[C@@H]2CO)n1)C(=O)OCCCF. The fourth-order valence-corrected chi connectivity index (χ4v) is 4.10. The minimum atomic E-state index is -1.39. The van der Waals surface area contributed by atoms with Crippen molar-refractivity contribution in [1.82, 2.24) is 4.98 Å². The number of halogens is 1. The van der Waals surface area contributed by atoms with Crippen molar-refractivity contribution in [2.24, 2.45) is 17.3 Å². The van der Waals surface area contributed by atoms with E-state index in [0.717, 1.165) is 12.1 Å². The highest BCUT2D eigenvalue weighted by molar-refractivity contribution is 6.08. The van der Waals surface area contributed by atoms with Crippen LogP contribution in [0.25, 0.3) is 0 Å². The Morgan fingerprint density at radius 3 is 2.59 bits per heavy atom. The molecule has 0 radical (unpaired) electrons. The molecule has 1 saturated heterocycles. The summed E-state index contributed by atoms with van der Waals surface area (Å²) in [7, 11) is 1.68. The number of ether oxygens (including phenoxy) is 3. The summed E-state index contributed by atoms with van der Waals surface area (Å²) in [6.45, 7) is 4.82. The molecule has 0 spiro atoms. The van der Waals surface area contributed by atoms with Crippen molar-refractivity contribution < 1.29 is 33.3 Å². The van der Waals surface area contributed by atoms with E-state index in [-0.39, 0.29) is 56.2 Å². The Labute approximate surface area is 200 Å². The van der Waals surface area contributed by atoms with Gasteiger partial charge in [0, 0.05) is 33.2 Å². The molecule has 0 unspecified atom stereocenters. The monoisotopic (exact) mass is 481 g/mol. The Bertz CT molecular complexity index is 844. The summed E-state index contributed by atoms with van der Waals surface area (Å²) < 4.78 is 28.9. The molecule has 2 heterocycles. The molecule has 1 aliphatic heterocycles. The summed E-state index contributed by atoms with van der Waals surface area (Å²) in [5, 5.41) is 12.1. The van der Waals surface area contributed by atoms with E-state index in [0.29, 0.717) is 25.6 Å². The summed E-state index contributed by atoms with van der Waals surface area (Å²) in [5.74, 6) is 0.0237. The molecule has 34 heavy (non-hydrogen) atoms. The van der Waals surface area contributed by atoms with Crippen LogP contribution >= 0.6 is 0 Å². The minimum absolute atomic E-state index is 0.0659. The number of pyridine rings is 1. The quantitative estimate of drug-likeness (QED) is 0.237. The predicted molar refractivity (Wildman–Crippen MR) is 125 cm³/mol. The normalized spacial score (nSPS) is 20.0. The van der Waals surface area contributed by atoms with Gasteiger partial charge < -0.3 is 29.5 Å². The topological polar surface area (TPSA) is 110 Å². The Balaban J connectivity index is 1.74. The highest BCUT2D eigenvalue weighted by Gasteiger charge is 2.44. The smallest absolute Gasteiger partial charge is 0.321 e. The first kappa shape index (κ1) is 26.2. The molecule has 1 aromatic heterocycles. The number of amides is 1. The number of esters is 1. The number of aliphatic hydroxyl groups excluding tert-OH is 1. The molecular formula is C24H36FN3O6. The average Bonchev–Trinajstić information content (AvgIpc) is 3.58. The van der Waals surface area contributed by atoms with Gasteiger partial charge in [-0.15, -0.1) is 0 Å². The summed E-state index contributed by atoms with van der Waals surface area (Å²) >= 11 is 0. The van der Waals surface area contributed by atoms with E-state index < -0.39 is 24.0 Å². The summed E-state index contributed by atoms with van der Waals surface area (Å²) in [6.07, 6.45) is 1.63. The maximum atomic E-state index is 13.2. The molecule has 1 aliphatic carbocycles. The average molecular weight is 482 g/mol. The van der Waals surface area contributed by atoms with Gasteiger partial charge in [-0.25, -0.2) is 0 Å². The number of alkyl halides is 1. The fraction of sp³-hybridized carbons (Fsp3) is 0.708. The van der Waals surface area contributed by atoms with E-state index in [1.807, 2.05) is 6.07 Å². The van der Waals surface area contributed by atoms with E-state index in [4.69, 9.17) is 14.2 Å². The van der Waals surface area contributed by atoms with E-state index >= 15 is 0 Å². The first-order valence-corrected chi connectivity index (χ1v) is 12.0. The molecule has 10 heteroatoms. The van der Waals surface area contributed by atoms with Gasteiger partial charge in [0.1, 0.15) is 16.9 Å². The Morgan fingerprint density at radius 1 is 1.26 bits per heavy atom. The zero-order valence-electron chi connectivity index (χ0n) is 20.2. The second kappa shape index (κ2) is 11.8. The van der Waals surface area contributed by atoms with Crippen LogP contribution in [0.5, 0.6) is 5.88 Å². The fourth-order valence-electron chi connectivity index (χ4n) is 4.10. The number of hydrogen-bond donors (Lipinski definition) is 2. The second-order valence-corrected chi connectivity index (χ2v) is 8.95. The first-order valence-electron chi connectivity index (χ1n) is 12.0. The molecule has 2 aliphatic rings. The van der Waals surface area contributed by atoms with Crippen LogP contribution in [-0.4, -0.2) is 74.8 Å². The predicted octanol–water partition coefficient (Wildman–Crippen LogP) is 2.57. The van der Waals surface area contributed by atoms with E-state index in [9.17, 15) is 19.1 Å². The molecule has 1 amide bonds. The molecule has 2 N–H and O–H groups in total. The van der Waals surface area contributed by atoms with Crippen LogP contribution in [0.1, 0.15) is 39.5 Å². The third-order valence-electron chi connectivity index (χ3n) is 6.89. The number of anilines is 2. The van der Waals surface area contributed by atoms with Crippen LogP contribution in [0.3, 0.4) is 0 Å². The van der Waals surface area contributed by atoms with Gasteiger partial charge in [0.2, 0.25) is 11.8 Å². The molecule has 1 aromatic rings. The van der Waals surface area contributed by atoms with Crippen molar-refractivity contribution in [3.05, 3.63) is 12.1 Å². The first-order chi connectivity index (χ1) is 16.4. The van der Waals surface area contributed by atoms with E-state index in [1.54, 1.807) is 27.0 Å². The van der Waals surface area contributed by atoms with Crippen LogP contribution in [0.15, 0.2) is 12.1 Å². The minimum Gasteiger partial charge on any atom is -0.476 e. The molecule has 190 valence electrons. The maximum Gasteiger partial charge on any atom is 0.321 e. The standard InChI is InChI=1S/C24H36FN3O6/c1-4-24(5-2,23(31)33-10-6-9-25)22(30)27-20-8-7-19(28-12-18(13-28)32-3)21(26-20)34-15-17-11-16(17)14-29/h7-8,16-18,29H,4-6,9-15H2,1-3H3,(H,26,27,30)/t16-,17-/m1/s1. The van der Waals surface area contributed by atoms with Gasteiger partial charge in [-0.05, 0) is 43.2 Å². The summed E-state index contributed by atoms with van der Waals surface area (Å²) in [6, 6.07) is 3.51. The van der Waals surface area contributed by atoms with Crippen molar-refractivity contribution in [2.75, 3.05) is 56.9 Å². The molecule has 1 saturated carbocycles. The molecular weight excluding hydrogens is 445 g/mol. The van der Waals surface area contributed by atoms with Gasteiger partial charge in [0.25, 0.3) is 0 Å². The number of rotatable bonds is 14. The van der Waals surface area contributed by atoms with Crippen molar-refractivity contribution >= 4 is 23.4 Å². The van der Waals surface area contributed by atoms with Crippen LogP contribution in [-0.2, 0) is 19.1 Å². The Kier molecular flexibility index (Phi) is 9.07. The van der Waals surface area contributed by atoms with Crippen LogP contribution in [0.4, 0.5) is 15.9 Å². The molecule has 0 bridgehead atoms. The Hall–Kier alpha value is -2.46. The highest BCUT2D eigenvalue weighted by Crippen LogP contribution is 2.40.